The Morgan fingerprint density at radius 2 is 2.14 bits per heavy atom. The maximum atomic E-state index is 13.4. The molecule has 0 saturated carbocycles. The summed E-state index contributed by atoms with van der Waals surface area (Å²) in [5.74, 6) is -1.37. The van der Waals surface area contributed by atoms with Crippen molar-refractivity contribution in [1.82, 2.24) is 5.32 Å². The number of carbonyl (C=O) groups is 1. The molecule has 1 unspecified atom stereocenters. The molecule has 1 aromatic carbocycles. The zero-order valence-electron chi connectivity index (χ0n) is 11.2. The van der Waals surface area contributed by atoms with Gasteiger partial charge in [0, 0.05) is 13.0 Å². The van der Waals surface area contributed by atoms with Gasteiger partial charge in [0.15, 0.2) is 0 Å². The Hall–Kier alpha value is -1.79. The normalized spacial score (nSPS) is 12.1. The summed E-state index contributed by atoms with van der Waals surface area (Å²) < 4.78 is 26.4. The van der Waals surface area contributed by atoms with Crippen LogP contribution in [0.25, 0.3) is 0 Å². The van der Waals surface area contributed by atoms with Gasteiger partial charge in [-0.1, -0.05) is 0 Å². The molecule has 0 radical (unpaired) electrons. The van der Waals surface area contributed by atoms with Crippen LogP contribution in [-0.4, -0.2) is 17.6 Å². The maximum Gasteiger partial charge on any atom is 0.220 e. The van der Waals surface area contributed by atoms with Crippen LogP contribution in [0.4, 0.5) is 8.78 Å². The van der Waals surface area contributed by atoms with Gasteiger partial charge in [0.1, 0.15) is 11.6 Å². The molecule has 21 heavy (non-hydrogen) atoms. The summed E-state index contributed by atoms with van der Waals surface area (Å²) in [6, 6.07) is 4.95. The van der Waals surface area contributed by atoms with Gasteiger partial charge < -0.3 is 10.4 Å². The zero-order chi connectivity index (χ0) is 15.2. The topological polar surface area (TPSA) is 49.3 Å². The zero-order valence-corrected chi connectivity index (χ0v) is 12.0. The number of halogens is 2. The minimum absolute atomic E-state index is 0.0384. The van der Waals surface area contributed by atoms with E-state index >= 15 is 0 Å². The van der Waals surface area contributed by atoms with E-state index in [1.807, 2.05) is 5.38 Å². The van der Waals surface area contributed by atoms with Crippen LogP contribution in [0.5, 0.6) is 0 Å². The number of aliphatic hydroxyl groups is 1. The summed E-state index contributed by atoms with van der Waals surface area (Å²) in [6.07, 6.45) is -0.605. The van der Waals surface area contributed by atoms with Gasteiger partial charge in [-0.25, -0.2) is 8.78 Å². The SMILES string of the molecule is O=C(CCc1cc(F)ccc1F)NCC(O)c1ccsc1. The summed E-state index contributed by atoms with van der Waals surface area (Å²) >= 11 is 1.46. The maximum absolute atomic E-state index is 13.4. The fraction of sp³-hybridized carbons (Fsp3) is 0.267. The molecule has 0 saturated heterocycles. The Labute approximate surface area is 125 Å². The van der Waals surface area contributed by atoms with Gasteiger partial charge >= 0.3 is 0 Å². The highest BCUT2D eigenvalue weighted by Gasteiger charge is 2.11. The predicted molar refractivity (Wildman–Crippen MR) is 77.0 cm³/mol. The second kappa shape index (κ2) is 7.28. The van der Waals surface area contributed by atoms with Gasteiger partial charge in [-0.15, -0.1) is 0 Å². The van der Waals surface area contributed by atoms with Crippen LogP contribution in [0.3, 0.4) is 0 Å². The third kappa shape index (κ3) is 4.61. The molecule has 1 aromatic heterocycles. The quantitative estimate of drug-likeness (QED) is 0.862. The number of amides is 1. The Kier molecular flexibility index (Phi) is 5.41. The van der Waals surface area contributed by atoms with Crippen LogP contribution < -0.4 is 5.32 Å². The van der Waals surface area contributed by atoms with Gasteiger partial charge in [-0.2, -0.15) is 11.3 Å². The Morgan fingerprint density at radius 3 is 2.86 bits per heavy atom. The molecule has 2 aromatic rings. The molecule has 1 heterocycles. The molecule has 0 aliphatic carbocycles. The third-order valence-electron chi connectivity index (χ3n) is 3.05. The van der Waals surface area contributed by atoms with E-state index in [2.05, 4.69) is 5.32 Å². The van der Waals surface area contributed by atoms with Crippen molar-refractivity contribution in [3.8, 4) is 0 Å². The van der Waals surface area contributed by atoms with Crippen LogP contribution in [0.15, 0.2) is 35.0 Å². The fourth-order valence-corrected chi connectivity index (χ4v) is 2.57. The number of thiophene rings is 1. The number of aryl methyl sites for hydroxylation is 1. The lowest BCUT2D eigenvalue weighted by Gasteiger charge is -2.10. The molecule has 2 rings (SSSR count). The van der Waals surface area contributed by atoms with Crippen molar-refractivity contribution in [1.29, 1.82) is 0 Å². The first-order valence-electron chi connectivity index (χ1n) is 6.47. The van der Waals surface area contributed by atoms with Crippen LogP contribution in [0.1, 0.15) is 23.7 Å². The van der Waals surface area contributed by atoms with E-state index in [1.54, 1.807) is 11.4 Å². The molecule has 0 spiro atoms. The molecule has 0 aliphatic rings. The molecular formula is C15H15F2NO2S. The van der Waals surface area contributed by atoms with Crippen molar-refractivity contribution in [2.75, 3.05) is 6.54 Å². The van der Waals surface area contributed by atoms with Crippen LogP contribution in [0, 0.1) is 11.6 Å². The minimum atomic E-state index is -0.758. The summed E-state index contributed by atoms with van der Waals surface area (Å²) in [6.45, 7) is 0.0984. The van der Waals surface area contributed by atoms with Crippen molar-refractivity contribution in [2.45, 2.75) is 18.9 Å². The van der Waals surface area contributed by atoms with E-state index in [1.165, 1.54) is 11.3 Å². The Balaban J connectivity index is 1.78. The van der Waals surface area contributed by atoms with Gasteiger partial charge in [-0.3, -0.25) is 4.79 Å². The monoisotopic (exact) mass is 311 g/mol. The van der Waals surface area contributed by atoms with Gasteiger partial charge in [0.2, 0.25) is 5.91 Å². The summed E-state index contributed by atoms with van der Waals surface area (Å²) in [4.78, 5) is 11.7. The lowest BCUT2D eigenvalue weighted by atomic mass is 10.1. The molecule has 0 aliphatic heterocycles. The highest BCUT2D eigenvalue weighted by atomic mass is 32.1. The number of hydrogen-bond acceptors (Lipinski definition) is 3. The average Bonchev–Trinajstić information content (AvgIpc) is 3.00. The van der Waals surface area contributed by atoms with Crippen molar-refractivity contribution >= 4 is 17.2 Å². The first-order valence-corrected chi connectivity index (χ1v) is 7.41. The Morgan fingerprint density at radius 1 is 1.33 bits per heavy atom. The van der Waals surface area contributed by atoms with Crippen molar-refractivity contribution in [3.63, 3.8) is 0 Å². The highest BCUT2D eigenvalue weighted by Crippen LogP contribution is 2.15. The van der Waals surface area contributed by atoms with Crippen LogP contribution in [-0.2, 0) is 11.2 Å². The number of rotatable bonds is 6. The number of aliphatic hydroxyl groups excluding tert-OH is 1. The molecule has 2 N–H and O–H groups in total. The first kappa shape index (κ1) is 15.6. The molecule has 0 fully saturated rings. The number of benzene rings is 1. The van der Waals surface area contributed by atoms with E-state index in [0.717, 1.165) is 23.8 Å². The highest BCUT2D eigenvalue weighted by molar-refractivity contribution is 7.07. The molecule has 112 valence electrons. The van der Waals surface area contributed by atoms with Crippen LogP contribution in [0.2, 0.25) is 0 Å². The smallest absolute Gasteiger partial charge is 0.220 e. The summed E-state index contributed by atoms with van der Waals surface area (Å²) in [5.41, 5.74) is 0.917. The van der Waals surface area contributed by atoms with Crippen LogP contribution >= 0.6 is 11.3 Å². The molecule has 0 bridgehead atoms. The van der Waals surface area contributed by atoms with E-state index < -0.39 is 17.7 Å². The van der Waals surface area contributed by atoms with Crippen molar-refractivity contribution in [2.24, 2.45) is 0 Å². The molecule has 6 heteroatoms. The van der Waals surface area contributed by atoms with E-state index in [0.29, 0.717) is 0 Å². The first-order chi connectivity index (χ1) is 10.1. The predicted octanol–water partition coefficient (Wildman–Crippen LogP) is 2.81. The number of hydrogen-bond donors (Lipinski definition) is 2. The standard InChI is InChI=1S/C15H15F2NO2S/c16-12-2-3-13(17)10(7-12)1-4-15(20)18-8-14(19)11-5-6-21-9-11/h2-3,5-7,9,14,19H,1,4,8H2,(H,18,20). The van der Waals surface area contributed by atoms with Crippen molar-refractivity contribution < 1.29 is 18.7 Å². The average molecular weight is 311 g/mol. The third-order valence-corrected chi connectivity index (χ3v) is 3.75. The lowest BCUT2D eigenvalue weighted by molar-refractivity contribution is -0.121. The Bertz CT molecular complexity index is 602. The largest absolute Gasteiger partial charge is 0.387 e. The lowest BCUT2D eigenvalue weighted by Crippen LogP contribution is -2.28. The molecule has 3 nitrogen and oxygen atoms in total. The van der Waals surface area contributed by atoms with E-state index in [-0.39, 0.29) is 30.9 Å². The molecular weight excluding hydrogens is 296 g/mol. The van der Waals surface area contributed by atoms with Gasteiger partial charge in [0.05, 0.1) is 6.10 Å². The summed E-state index contributed by atoms with van der Waals surface area (Å²) in [7, 11) is 0. The number of carbonyl (C=O) groups excluding carboxylic acids is 1. The number of nitrogens with one attached hydrogen (secondary N) is 1. The molecule has 1 amide bonds. The van der Waals surface area contributed by atoms with E-state index in [9.17, 15) is 18.7 Å². The van der Waals surface area contributed by atoms with Gasteiger partial charge in [0.25, 0.3) is 0 Å². The van der Waals surface area contributed by atoms with Gasteiger partial charge in [-0.05, 0) is 52.6 Å². The summed E-state index contributed by atoms with van der Waals surface area (Å²) in [5, 5.41) is 16.0. The minimum Gasteiger partial charge on any atom is -0.387 e. The fourth-order valence-electron chi connectivity index (χ4n) is 1.86. The van der Waals surface area contributed by atoms with E-state index in [4.69, 9.17) is 0 Å². The molecule has 1 atom stereocenters. The second-order valence-electron chi connectivity index (χ2n) is 4.61. The van der Waals surface area contributed by atoms with Crippen molar-refractivity contribution in [3.05, 3.63) is 57.8 Å². The second-order valence-corrected chi connectivity index (χ2v) is 5.39.